The van der Waals surface area contributed by atoms with E-state index in [1.165, 1.54) is 38.7 Å². The molecule has 3 atom stereocenters. The smallest absolute Gasteiger partial charge is 0.192 e. The van der Waals surface area contributed by atoms with Gasteiger partial charge in [-0.2, -0.15) is 0 Å². The summed E-state index contributed by atoms with van der Waals surface area (Å²) in [7, 11) is 0. The molecule has 1 saturated carbocycles. The summed E-state index contributed by atoms with van der Waals surface area (Å²) in [4.78, 5) is 4.38. The van der Waals surface area contributed by atoms with Gasteiger partial charge in [-0.1, -0.05) is 36.8 Å². The number of nitrogens with one attached hydrogen (secondary N) is 3. The highest BCUT2D eigenvalue weighted by atomic mass is 19.1. The fraction of sp³-hybridized carbons (Fsp3) is 0.632. The Balaban J connectivity index is 1.62. The van der Waals surface area contributed by atoms with Crippen LogP contribution in [-0.2, 0) is 6.42 Å². The number of halogens is 1. The molecule has 138 valence electrons. The molecule has 1 fully saturated rings. The van der Waals surface area contributed by atoms with Gasteiger partial charge in [-0.15, -0.1) is 0 Å². The first-order valence-corrected chi connectivity index (χ1v) is 9.26. The third-order valence-corrected chi connectivity index (χ3v) is 5.25. The molecule has 0 aromatic heterocycles. The number of hydrogen-bond acceptors (Lipinski definition) is 5. The van der Waals surface area contributed by atoms with Crippen molar-refractivity contribution in [3.63, 3.8) is 0 Å². The molecule has 1 aliphatic carbocycles. The SMILES string of the molecule is CC(C)(F)C1NC(N)=NC(NC(CCc2ccccc2)C2CCC2)N1. The van der Waals surface area contributed by atoms with Gasteiger partial charge in [0.2, 0.25) is 0 Å². The number of aliphatic imine (C=N–C) groups is 1. The Morgan fingerprint density at radius 3 is 2.64 bits per heavy atom. The summed E-state index contributed by atoms with van der Waals surface area (Å²) in [6.45, 7) is 3.07. The number of benzene rings is 1. The number of nitrogens with zero attached hydrogens (tertiary/aromatic N) is 1. The lowest BCUT2D eigenvalue weighted by Crippen LogP contribution is -2.67. The lowest BCUT2D eigenvalue weighted by Gasteiger charge is -2.40. The van der Waals surface area contributed by atoms with E-state index in [2.05, 4.69) is 45.2 Å². The Bertz CT molecular complexity index is 579. The fourth-order valence-electron chi connectivity index (χ4n) is 3.48. The summed E-state index contributed by atoms with van der Waals surface area (Å²) < 4.78 is 14.3. The molecule has 2 aliphatic rings. The van der Waals surface area contributed by atoms with Crippen LogP contribution >= 0.6 is 0 Å². The minimum Gasteiger partial charge on any atom is -0.370 e. The van der Waals surface area contributed by atoms with Crippen molar-refractivity contribution in [2.24, 2.45) is 16.6 Å². The summed E-state index contributed by atoms with van der Waals surface area (Å²) in [6, 6.07) is 10.9. The highest BCUT2D eigenvalue weighted by molar-refractivity contribution is 5.79. The van der Waals surface area contributed by atoms with E-state index in [0.29, 0.717) is 12.0 Å². The zero-order valence-corrected chi connectivity index (χ0v) is 15.1. The third-order valence-electron chi connectivity index (χ3n) is 5.25. The van der Waals surface area contributed by atoms with Gasteiger partial charge in [-0.3, -0.25) is 10.6 Å². The molecule has 1 heterocycles. The Morgan fingerprint density at radius 1 is 1.32 bits per heavy atom. The summed E-state index contributed by atoms with van der Waals surface area (Å²) >= 11 is 0. The number of aryl methyl sites for hydroxylation is 1. The summed E-state index contributed by atoms with van der Waals surface area (Å²) in [5.41, 5.74) is 5.78. The number of alkyl halides is 1. The van der Waals surface area contributed by atoms with Crippen molar-refractivity contribution in [2.75, 3.05) is 0 Å². The average molecular weight is 347 g/mol. The van der Waals surface area contributed by atoms with Crippen molar-refractivity contribution in [3.8, 4) is 0 Å². The van der Waals surface area contributed by atoms with Crippen molar-refractivity contribution in [1.82, 2.24) is 16.0 Å². The number of hydrogen-bond donors (Lipinski definition) is 4. The molecule has 5 nitrogen and oxygen atoms in total. The van der Waals surface area contributed by atoms with Gasteiger partial charge in [0, 0.05) is 6.04 Å². The van der Waals surface area contributed by atoms with Crippen LogP contribution in [-0.4, -0.2) is 30.1 Å². The van der Waals surface area contributed by atoms with Gasteiger partial charge in [0.1, 0.15) is 11.8 Å². The molecule has 1 aliphatic heterocycles. The van der Waals surface area contributed by atoms with Gasteiger partial charge in [0.05, 0.1) is 0 Å². The molecule has 0 radical (unpaired) electrons. The molecule has 25 heavy (non-hydrogen) atoms. The second-order valence-electron chi connectivity index (χ2n) is 7.71. The van der Waals surface area contributed by atoms with Crippen molar-refractivity contribution >= 4 is 5.96 Å². The molecule has 6 heteroatoms. The first-order valence-electron chi connectivity index (χ1n) is 9.26. The topological polar surface area (TPSA) is 74.5 Å². The van der Waals surface area contributed by atoms with Gasteiger partial charge < -0.3 is 11.1 Å². The first-order chi connectivity index (χ1) is 11.9. The molecule has 1 aromatic rings. The maximum Gasteiger partial charge on any atom is 0.192 e. The van der Waals surface area contributed by atoms with Gasteiger partial charge in [-0.25, -0.2) is 9.38 Å². The monoisotopic (exact) mass is 347 g/mol. The molecule has 0 amide bonds. The van der Waals surface area contributed by atoms with Gasteiger partial charge in [0.15, 0.2) is 12.2 Å². The van der Waals surface area contributed by atoms with Gasteiger partial charge >= 0.3 is 0 Å². The highest BCUT2D eigenvalue weighted by Gasteiger charge is 2.36. The quantitative estimate of drug-likeness (QED) is 0.610. The standard InChI is InChI=1S/C19H30FN5/c1-19(2,20)16-23-17(21)25-18(24-16)22-15(14-9-6-10-14)12-11-13-7-4-3-5-8-13/h3-5,7-8,14-16,18,22,24H,6,9-12H2,1-2H3,(H3,21,23,25). The molecule has 0 bridgehead atoms. The Labute approximate surface area is 149 Å². The Hall–Kier alpha value is -1.66. The van der Waals surface area contributed by atoms with E-state index in [1.807, 2.05) is 6.07 Å². The van der Waals surface area contributed by atoms with E-state index in [-0.39, 0.29) is 12.2 Å². The molecule has 3 rings (SSSR count). The first kappa shape index (κ1) is 18.1. The second kappa shape index (κ2) is 7.70. The van der Waals surface area contributed by atoms with E-state index in [0.717, 1.165) is 12.8 Å². The van der Waals surface area contributed by atoms with Crippen molar-refractivity contribution in [3.05, 3.63) is 35.9 Å². The Morgan fingerprint density at radius 2 is 2.04 bits per heavy atom. The van der Waals surface area contributed by atoms with Crippen LogP contribution in [0.1, 0.15) is 45.1 Å². The molecule has 5 N–H and O–H groups in total. The van der Waals surface area contributed by atoms with E-state index in [9.17, 15) is 4.39 Å². The van der Waals surface area contributed by atoms with Gasteiger partial charge in [-0.05, 0) is 51.0 Å². The van der Waals surface area contributed by atoms with E-state index in [1.54, 1.807) is 0 Å². The summed E-state index contributed by atoms with van der Waals surface area (Å²) in [6.07, 6.45) is 4.93. The lowest BCUT2D eigenvalue weighted by atomic mass is 9.78. The molecule has 1 aromatic carbocycles. The molecule has 0 spiro atoms. The third kappa shape index (κ3) is 4.92. The number of guanidine groups is 1. The fourth-order valence-corrected chi connectivity index (χ4v) is 3.48. The minimum atomic E-state index is -1.43. The maximum absolute atomic E-state index is 14.3. The lowest BCUT2D eigenvalue weighted by molar-refractivity contribution is 0.109. The average Bonchev–Trinajstić information content (AvgIpc) is 2.50. The normalized spacial score (nSPS) is 25.6. The van der Waals surface area contributed by atoms with Crippen molar-refractivity contribution in [1.29, 1.82) is 0 Å². The number of rotatable bonds is 7. The zero-order chi connectivity index (χ0) is 17.9. The number of nitrogens with two attached hydrogens (primary N) is 1. The minimum absolute atomic E-state index is 0.280. The van der Waals surface area contributed by atoms with Crippen LogP contribution in [0.25, 0.3) is 0 Å². The van der Waals surface area contributed by atoms with Crippen LogP contribution in [0.3, 0.4) is 0 Å². The zero-order valence-electron chi connectivity index (χ0n) is 15.1. The van der Waals surface area contributed by atoms with Crippen molar-refractivity contribution < 1.29 is 4.39 Å². The molecule has 0 saturated heterocycles. The molecular weight excluding hydrogens is 317 g/mol. The van der Waals surface area contributed by atoms with E-state index in [4.69, 9.17) is 5.73 Å². The Kier molecular flexibility index (Phi) is 5.59. The summed E-state index contributed by atoms with van der Waals surface area (Å²) in [5.74, 6) is 0.941. The highest BCUT2D eigenvalue weighted by Crippen LogP contribution is 2.32. The second-order valence-corrected chi connectivity index (χ2v) is 7.71. The van der Waals surface area contributed by atoms with Crippen LogP contribution in [0.4, 0.5) is 4.39 Å². The van der Waals surface area contributed by atoms with Crippen LogP contribution in [0.5, 0.6) is 0 Å². The maximum atomic E-state index is 14.3. The summed E-state index contributed by atoms with van der Waals surface area (Å²) in [5, 5.41) is 9.64. The van der Waals surface area contributed by atoms with Gasteiger partial charge in [0.25, 0.3) is 0 Å². The van der Waals surface area contributed by atoms with Crippen LogP contribution < -0.4 is 21.7 Å². The predicted molar refractivity (Wildman–Crippen MR) is 99.7 cm³/mol. The van der Waals surface area contributed by atoms with Crippen LogP contribution in [0, 0.1) is 5.92 Å². The van der Waals surface area contributed by atoms with Crippen LogP contribution in [0.15, 0.2) is 35.3 Å². The van der Waals surface area contributed by atoms with Crippen molar-refractivity contribution in [2.45, 2.75) is 70.1 Å². The predicted octanol–water partition coefficient (Wildman–Crippen LogP) is 2.24. The van der Waals surface area contributed by atoms with Crippen LogP contribution in [0.2, 0.25) is 0 Å². The van der Waals surface area contributed by atoms with E-state index >= 15 is 0 Å². The molecular formula is C19H30FN5. The molecule has 3 unspecified atom stereocenters. The largest absolute Gasteiger partial charge is 0.370 e. The van der Waals surface area contributed by atoms with E-state index < -0.39 is 11.8 Å².